The van der Waals surface area contributed by atoms with Crippen molar-refractivity contribution in [3.8, 4) is 0 Å². The van der Waals surface area contributed by atoms with Crippen LogP contribution in [-0.4, -0.2) is 36.1 Å². The zero-order valence-corrected chi connectivity index (χ0v) is 11.9. The molecule has 2 heterocycles. The number of hydrogen-bond acceptors (Lipinski definition) is 4. The van der Waals surface area contributed by atoms with Crippen LogP contribution in [0.4, 0.5) is 0 Å². The molecule has 6 atom stereocenters. The summed E-state index contributed by atoms with van der Waals surface area (Å²) in [6.45, 7) is 4.57. The molecule has 1 aromatic rings. The molecular weight excluding hydrogens is 256 g/mol. The van der Waals surface area contributed by atoms with Crippen LogP contribution in [0.2, 0.25) is 0 Å². The van der Waals surface area contributed by atoms with Gasteiger partial charge in [0.15, 0.2) is 6.29 Å². The topological polar surface area (TPSA) is 47.9 Å². The fraction of sp³-hybridized carbons (Fsp3) is 0.625. The number of benzene rings is 1. The molecule has 4 heteroatoms. The van der Waals surface area contributed by atoms with E-state index >= 15 is 0 Å². The molecule has 2 fully saturated rings. The third-order valence-electron chi connectivity index (χ3n) is 4.32. The zero-order valence-electron chi connectivity index (χ0n) is 11.9. The standard InChI is InChI=1S/C16H22O4/c1-3-12-14(17)10(2)15-13(19-12)9-18-16(20-15)11-7-5-4-6-8-11/h4-8,10,12-17H,3,9H2,1-2H3/t10-,12+,13-,14?,15?,16?/m0/s1. The molecule has 0 aromatic heterocycles. The predicted molar refractivity (Wildman–Crippen MR) is 74.1 cm³/mol. The molecule has 2 saturated heterocycles. The Kier molecular flexibility index (Phi) is 4.08. The number of fused-ring (bicyclic) bond motifs is 1. The highest BCUT2D eigenvalue weighted by molar-refractivity contribution is 5.16. The summed E-state index contributed by atoms with van der Waals surface area (Å²) in [5.74, 6) is 0.0498. The monoisotopic (exact) mass is 278 g/mol. The van der Waals surface area contributed by atoms with E-state index in [0.29, 0.717) is 6.61 Å². The van der Waals surface area contributed by atoms with Gasteiger partial charge in [0.05, 0.1) is 24.9 Å². The van der Waals surface area contributed by atoms with E-state index in [0.717, 1.165) is 12.0 Å². The van der Waals surface area contributed by atoms with Crippen molar-refractivity contribution in [2.24, 2.45) is 5.92 Å². The van der Waals surface area contributed by atoms with Crippen molar-refractivity contribution < 1.29 is 19.3 Å². The molecule has 2 aliphatic rings. The Morgan fingerprint density at radius 3 is 2.65 bits per heavy atom. The molecule has 110 valence electrons. The first-order chi connectivity index (χ1) is 9.70. The largest absolute Gasteiger partial charge is 0.390 e. The quantitative estimate of drug-likeness (QED) is 0.901. The lowest BCUT2D eigenvalue weighted by Crippen LogP contribution is -2.57. The van der Waals surface area contributed by atoms with Crippen molar-refractivity contribution in [3.63, 3.8) is 0 Å². The summed E-state index contributed by atoms with van der Waals surface area (Å²) in [7, 11) is 0. The van der Waals surface area contributed by atoms with E-state index in [1.54, 1.807) is 0 Å². The maximum Gasteiger partial charge on any atom is 0.184 e. The minimum Gasteiger partial charge on any atom is -0.390 e. The number of rotatable bonds is 2. The Labute approximate surface area is 119 Å². The smallest absolute Gasteiger partial charge is 0.184 e. The van der Waals surface area contributed by atoms with Crippen LogP contribution in [0.25, 0.3) is 0 Å². The highest BCUT2D eigenvalue weighted by Gasteiger charge is 2.46. The SMILES string of the molecule is CC[C@H]1O[C@H]2COC(c3ccccc3)OC2[C@@H](C)C1O. The van der Waals surface area contributed by atoms with Crippen LogP contribution in [0, 0.1) is 5.92 Å². The third kappa shape index (κ3) is 2.49. The van der Waals surface area contributed by atoms with E-state index in [-0.39, 0.29) is 30.5 Å². The van der Waals surface area contributed by atoms with Crippen LogP contribution in [0.3, 0.4) is 0 Å². The number of aliphatic hydroxyl groups is 1. The van der Waals surface area contributed by atoms with Gasteiger partial charge >= 0.3 is 0 Å². The van der Waals surface area contributed by atoms with Crippen molar-refractivity contribution in [2.75, 3.05) is 6.61 Å². The number of aliphatic hydroxyl groups excluding tert-OH is 1. The van der Waals surface area contributed by atoms with Crippen molar-refractivity contribution in [2.45, 2.75) is 51.0 Å². The highest BCUT2D eigenvalue weighted by atomic mass is 16.7. The Balaban J connectivity index is 1.74. The molecule has 0 amide bonds. The lowest BCUT2D eigenvalue weighted by Gasteiger charge is -2.47. The molecule has 0 bridgehead atoms. The Morgan fingerprint density at radius 1 is 1.20 bits per heavy atom. The van der Waals surface area contributed by atoms with Crippen LogP contribution < -0.4 is 0 Å². The molecule has 1 aromatic carbocycles. The van der Waals surface area contributed by atoms with E-state index in [4.69, 9.17) is 14.2 Å². The lowest BCUT2D eigenvalue weighted by molar-refractivity contribution is -0.317. The first kappa shape index (κ1) is 14.0. The molecular formula is C16H22O4. The summed E-state index contributed by atoms with van der Waals surface area (Å²) < 4.78 is 17.7. The molecule has 3 unspecified atom stereocenters. The van der Waals surface area contributed by atoms with Crippen molar-refractivity contribution >= 4 is 0 Å². The Hall–Kier alpha value is -0.940. The van der Waals surface area contributed by atoms with Gasteiger partial charge < -0.3 is 19.3 Å². The summed E-state index contributed by atoms with van der Waals surface area (Å²) in [5, 5.41) is 10.3. The third-order valence-corrected chi connectivity index (χ3v) is 4.32. The van der Waals surface area contributed by atoms with Gasteiger partial charge in [-0.1, -0.05) is 44.2 Å². The molecule has 0 saturated carbocycles. The van der Waals surface area contributed by atoms with Gasteiger partial charge in [-0.05, 0) is 6.42 Å². The number of ether oxygens (including phenoxy) is 3. The Bertz CT molecular complexity index is 433. The molecule has 4 nitrogen and oxygen atoms in total. The average molecular weight is 278 g/mol. The van der Waals surface area contributed by atoms with Gasteiger partial charge in [0.1, 0.15) is 6.10 Å². The van der Waals surface area contributed by atoms with Crippen LogP contribution in [0.15, 0.2) is 30.3 Å². The fourth-order valence-corrected chi connectivity index (χ4v) is 3.09. The second kappa shape index (κ2) is 5.82. The summed E-state index contributed by atoms with van der Waals surface area (Å²) >= 11 is 0. The van der Waals surface area contributed by atoms with E-state index in [1.807, 2.05) is 44.2 Å². The normalized spacial score (nSPS) is 41.1. The molecule has 0 radical (unpaired) electrons. The van der Waals surface area contributed by atoms with E-state index < -0.39 is 6.10 Å². The van der Waals surface area contributed by atoms with Gasteiger partial charge in [0.2, 0.25) is 0 Å². The van der Waals surface area contributed by atoms with Gasteiger partial charge in [0, 0.05) is 11.5 Å². The maximum atomic E-state index is 10.3. The van der Waals surface area contributed by atoms with Crippen molar-refractivity contribution in [3.05, 3.63) is 35.9 Å². The average Bonchev–Trinajstić information content (AvgIpc) is 2.51. The minimum absolute atomic E-state index is 0.0498. The summed E-state index contributed by atoms with van der Waals surface area (Å²) in [6.07, 6.45) is -0.363. The molecule has 0 aliphatic carbocycles. The first-order valence-corrected chi connectivity index (χ1v) is 7.36. The fourth-order valence-electron chi connectivity index (χ4n) is 3.09. The highest BCUT2D eigenvalue weighted by Crippen LogP contribution is 2.37. The van der Waals surface area contributed by atoms with Gasteiger partial charge in [-0.25, -0.2) is 0 Å². The molecule has 2 aliphatic heterocycles. The second-order valence-corrected chi connectivity index (χ2v) is 5.65. The molecule has 0 spiro atoms. The first-order valence-electron chi connectivity index (χ1n) is 7.36. The van der Waals surface area contributed by atoms with E-state index in [9.17, 15) is 5.11 Å². The van der Waals surface area contributed by atoms with Crippen LogP contribution >= 0.6 is 0 Å². The van der Waals surface area contributed by atoms with Crippen LogP contribution in [0.5, 0.6) is 0 Å². The van der Waals surface area contributed by atoms with Crippen LogP contribution in [0.1, 0.15) is 32.1 Å². The van der Waals surface area contributed by atoms with Crippen molar-refractivity contribution in [1.29, 1.82) is 0 Å². The van der Waals surface area contributed by atoms with Gasteiger partial charge in [0.25, 0.3) is 0 Å². The Morgan fingerprint density at radius 2 is 1.95 bits per heavy atom. The lowest BCUT2D eigenvalue weighted by atomic mass is 9.86. The van der Waals surface area contributed by atoms with Gasteiger partial charge in [-0.15, -0.1) is 0 Å². The molecule has 20 heavy (non-hydrogen) atoms. The van der Waals surface area contributed by atoms with Gasteiger partial charge in [-0.2, -0.15) is 0 Å². The minimum atomic E-state index is -0.476. The zero-order chi connectivity index (χ0) is 14.1. The maximum absolute atomic E-state index is 10.3. The van der Waals surface area contributed by atoms with E-state index in [1.165, 1.54) is 0 Å². The van der Waals surface area contributed by atoms with E-state index in [2.05, 4.69) is 0 Å². The predicted octanol–water partition coefficient (Wildman–Crippen LogP) is 2.28. The second-order valence-electron chi connectivity index (χ2n) is 5.65. The van der Waals surface area contributed by atoms with Crippen LogP contribution in [-0.2, 0) is 14.2 Å². The summed E-state index contributed by atoms with van der Waals surface area (Å²) in [5.41, 5.74) is 1.00. The van der Waals surface area contributed by atoms with Crippen molar-refractivity contribution in [1.82, 2.24) is 0 Å². The van der Waals surface area contributed by atoms with Gasteiger partial charge in [-0.3, -0.25) is 0 Å². The summed E-state index contributed by atoms with van der Waals surface area (Å²) in [6, 6.07) is 9.89. The number of hydrogen-bond donors (Lipinski definition) is 1. The summed E-state index contributed by atoms with van der Waals surface area (Å²) in [4.78, 5) is 0. The molecule has 1 N–H and O–H groups in total. The molecule has 3 rings (SSSR count).